The monoisotopic (exact) mass is 428 g/mol. The highest BCUT2D eigenvalue weighted by atomic mass is 32.1. The molecule has 0 fully saturated rings. The lowest BCUT2D eigenvalue weighted by molar-refractivity contribution is -0.263. The highest BCUT2D eigenvalue weighted by Gasteiger charge is 2.81. The number of thiophene rings is 2. The standard InChI is InChI=1S/C18H15F7S2/c1-3-4-5-10-6-7-12(27-10)13-8-11(9(2)26-13)14-15(19)17(22,23)18(24,25)16(14,20)21/h6-8H,3-5H2,1-2H3. The zero-order chi connectivity index (χ0) is 20.2. The van der Waals surface area contributed by atoms with Gasteiger partial charge in [-0.3, -0.25) is 0 Å². The second-order valence-corrected chi connectivity index (χ2v) is 8.79. The number of unbranched alkanes of at least 4 members (excludes halogenated alkanes) is 1. The molecule has 3 rings (SSSR count). The van der Waals surface area contributed by atoms with E-state index in [-0.39, 0.29) is 4.88 Å². The third kappa shape index (κ3) is 2.93. The molecule has 0 bridgehead atoms. The van der Waals surface area contributed by atoms with E-state index in [0.717, 1.165) is 41.5 Å². The number of hydrogen-bond acceptors (Lipinski definition) is 2. The van der Waals surface area contributed by atoms with Crippen molar-refractivity contribution in [2.24, 2.45) is 0 Å². The Morgan fingerprint density at radius 2 is 1.59 bits per heavy atom. The van der Waals surface area contributed by atoms with Crippen molar-refractivity contribution < 1.29 is 30.7 Å². The van der Waals surface area contributed by atoms with Crippen LogP contribution in [0, 0.1) is 6.92 Å². The lowest BCUT2D eigenvalue weighted by Crippen LogP contribution is -2.48. The molecule has 0 spiro atoms. The molecule has 0 saturated heterocycles. The van der Waals surface area contributed by atoms with Crippen LogP contribution in [0.1, 0.15) is 35.1 Å². The van der Waals surface area contributed by atoms with Gasteiger partial charge in [0.2, 0.25) is 0 Å². The van der Waals surface area contributed by atoms with E-state index in [1.54, 1.807) is 6.07 Å². The summed E-state index contributed by atoms with van der Waals surface area (Å²) in [4.78, 5) is 2.28. The van der Waals surface area contributed by atoms with E-state index in [9.17, 15) is 30.7 Å². The maximum Gasteiger partial charge on any atom is 0.383 e. The normalized spacial score (nSPS) is 20.5. The first kappa shape index (κ1) is 20.4. The van der Waals surface area contributed by atoms with Crippen molar-refractivity contribution >= 4 is 28.2 Å². The van der Waals surface area contributed by atoms with Crippen molar-refractivity contribution in [2.45, 2.75) is 50.9 Å². The Bertz CT molecular complexity index is 889. The molecule has 0 radical (unpaired) electrons. The molecule has 0 aliphatic heterocycles. The molecule has 2 heterocycles. The summed E-state index contributed by atoms with van der Waals surface area (Å²) in [5.41, 5.74) is -2.52. The minimum atomic E-state index is -5.82. The molecular weight excluding hydrogens is 413 g/mol. The molecule has 27 heavy (non-hydrogen) atoms. The van der Waals surface area contributed by atoms with Crippen LogP contribution in [0.25, 0.3) is 15.3 Å². The van der Waals surface area contributed by atoms with Gasteiger partial charge in [0.15, 0.2) is 5.83 Å². The second kappa shape index (κ2) is 6.62. The fourth-order valence-corrected chi connectivity index (χ4v) is 5.08. The lowest BCUT2D eigenvalue weighted by Gasteiger charge is -2.24. The molecule has 1 aliphatic carbocycles. The van der Waals surface area contributed by atoms with Gasteiger partial charge in [0.05, 0.1) is 5.57 Å². The Kier molecular flexibility index (Phi) is 5.00. The van der Waals surface area contributed by atoms with Crippen LogP contribution in [0.4, 0.5) is 30.7 Å². The molecule has 2 aromatic heterocycles. The van der Waals surface area contributed by atoms with Crippen molar-refractivity contribution in [3.8, 4) is 9.75 Å². The third-order valence-corrected chi connectivity index (χ3v) is 6.86. The summed E-state index contributed by atoms with van der Waals surface area (Å²) in [5, 5.41) is 0. The van der Waals surface area contributed by atoms with Crippen molar-refractivity contribution in [2.75, 3.05) is 0 Å². The van der Waals surface area contributed by atoms with E-state index in [1.807, 2.05) is 13.0 Å². The Labute approximate surface area is 159 Å². The highest BCUT2D eigenvalue weighted by Crippen LogP contribution is 2.63. The van der Waals surface area contributed by atoms with Gasteiger partial charge in [-0.15, -0.1) is 22.7 Å². The van der Waals surface area contributed by atoms with Crippen molar-refractivity contribution in [1.29, 1.82) is 0 Å². The largest absolute Gasteiger partial charge is 0.383 e. The van der Waals surface area contributed by atoms with Gasteiger partial charge in [0.25, 0.3) is 0 Å². The van der Waals surface area contributed by atoms with Crippen LogP contribution in [-0.2, 0) is 6.42 Å². The number of alkyl halides is 6. The molecular formula is C18H15F7S2. The highest BCUT2D eigenvalue weighted by molar-refractivity contribution is 7.22. The van der Waals surface area contributed by atoms with Gasteiger partial charge >= 0.3 is 17.8 Å². The van der Waals surface area contributed by atoms with Gasteiger partial charge in [-0.1, -0.05) is 13.3 Å². The number of allylic oxidation sites excluding steroid dienone is 2. The van der Waals surface area contributed by atoms with E-state index >= 15 is 0 Å². The fraction of sp³-hybridized carbons (Fsp3) is 0.444. The first-order valence-electron chi connectivity index (χ1n) is 8.19. The summed E-state index contributed by atoms with van der Waals surface area (Å²) in [7, 11) is 0. The van der Waals surface area contributed by atoms with Gasteiger partial charge < -0.3 is 0 Å². The smallest absolute Gasteiger partial charge is 0.204 e. The maximum absolute atomic E-state index is 14.0. The number of hydrogen-bond donors (Lipinski definition) is 0. The molecule has 0 atom stereocenters. The van der Waals surface area contributed by atoms with Gasteiger partial charge in [-0.25, -0.2) is 4.39 Å². The molecule has 0 nitrogen and oxygen atoms in total. The van der Waals surface area contributed by atoms with E-state index in [2.05, 4.69) is 0 Å². The summed E-state index contributed by atoms with van der Waals surface area (Å²) in [6, 6.07) is 4.72. The first-order valence-corrected chi connectivity index (χ1v) is 9.82. The molecule has 2 aromatic rings. The van der Waals surface area contributed by atoms with Crippen LogP contribution in [0.5, 0.6) is 0 Å². The summed E-state index contributed by atoms with van der Waals surface area (Å²) in [5.74, 6) is -19.4. The third-order valence-electron chi connectivity index (χ3n) is 4.47. The minimum absolute atomic E-state index is 0.0758. The van der Waals surface area contributed by atoms with Crippen LogP contribution in [0.15, 0.2) is 24.0 Å². The SMILES string of the molecule is CCCCc1ccc(-c2cc(C3=C(F)C(F)(F)C(F)(F)C3(F)F)c(C)s2)s1. The summed E-state index contributed by atoms with van der Waals surface area (Å²) >= 11 is 2.39. The zero-order valence-corrected chi connectivity index (χ0v) is 15.9. The van der Waals surface area contributed by atoms with Crippen LogP contribution in [0.3, 0.4) is 0 Å². The van der Waals surface area contributed by atoms with E-state index in [0.29, 0.717) is 9.75 Å². The molecule has 9 heteroatoms. The topological polar surface area (TPSA) is 0 Å². The number of halogens is 7. The summed E-state index contributed by atoms with van der Waals surface area (Å²) in [6.45, 7) is 3.36. The zero-order valence-electron chi connectivity index (χ0n) is 14.3. The molecule has 0 aromatic carbocycles. The Hall–Kier alpha value is -1.35. The van der Waals surface area contributed by atoms with Crippen molar-refractivity contribution in [1.82, 2.24) is 0 Å². The van der Waals surface area contributed by atoms with E-state index in [1.165, 1.54) is 18.3 Å². The summed E-state index contributed by atoms with van der Waals surface area (Å²) < 4.78 is 96.0. The molecule has 0 unspecified atom stereocenters. The van der Waals surface area contributed by atoms with Gasteiger partial charge in [0.1, 0.15) is 0 Å². The van der Waals surface area contributed by atoms with Crippen molar-refractivity contribution in [3.63, 3.8) is 0 Å². The predicted octanol–water partition coefficient (Wildman–Crippen LogP) is 7.73. The van der Waals surface area contributed by atoms with Crippen LogP contribution in [0.2, 0.25) is 0 Å². The Morgan fingerprint density at radius 1 is 0.926 bits per heavy atom. The Balaban J connectivity index is 2.05. The van der Waals surface area contributed by atoms with Gasteiger partial charge in [0, 0.05) is 25.1 Å². The van der Waals surface area contributed by atoms with Crippen LogP contribution < -0.4 is 0 Å². The minimum Gasteiger partial charge on any atom is -0.204 e. The van der Waals surface area contributed by atoms with Crippen molar-refractivity contribution in [3.05, 3.63) is 39.3 Å². The van der Waals surface area contributed by atoms with Gasteiger partial charge in [-0.05, 0) is 38.0 Å². The molecule has 1 aliphatic rings. The Morgan fingerprint density at radius 3 is 2.15 bits per heavy atom. The number of aryl methyl sites for hydroxylation is 2. The lowest BCUT2D eigenvalue weighted by atomic mass is 10.0. The first-order chi connectivity index (χ1) is 12.4. The maximum atomic E-state index is 14.0. The average molecular weight is 428 g/mol. The second-order valence-electron chi connectivity index (χ2n) is 6.36. The van der Waals surface area contributed by atoms with Gasteiger partial charge in [-0.2, -0.15) is 26.3 Å². The van der Waals surface area contributed by atoms with Crippen LogP contribution >= 0.6 is 22.7 Å². The average Bonchev–Trinajstić information content (AvgIpc) is 3.21. The summed E-state index contributed by atoms with van der Waals surface area (Å²) in [6.07, 6.45) is 2.82. The van der Waals surface area contributed by atoms with E-state index < -0.39 is 34.7 Å². The predicted molar refractivity (Wildman–Crippen MR) is 93.9 cm³/mol. The fourth-order valence-electron chi connectivity index (χ4n) is 2.92. The molecule has 0 saturated carbocycles. The van der Waals surface area contributed by atoms with Crippen LogP contribution in [-0.4, -0.2) is 17.8 Å². The molecule has 148 valence electrons. The quantitative estimate of drug-likeness (QED) is 0.428. The molecule has 0 N–H and O–H groups in total. The number of rotatable bonds is 5. The van der Waals surface area contributed by atoms with E-state index in [4.69, 9.17) is 0 Å². The molecule has 0 amide bonds.